The predicted octanol–water partition coefficient (Wildman–Crippen LogP) is 2.78. The summed E-state index contributed by atoms with van der Waals surface area (Å²) in [6, 6.07) is 13.1. The molecule has 0 atom stereocenters. The van der Waals surface area contributed by atoms with Gasteiger partial charge in [0.2, 0.25) is 0 Å². The largest absolute Gasteiger partial charge is 0.426 e. The van der Waals surface area contributed by atoms with Crippen LogP contribution in [0, 0.1) is 5.82 Å². The van der Waals surface area contributed by atoms with Gasteiger partial charge in [-0.3, -0.25) is 4.79 Å². The van der Waals surface area contributed by atoms with Crippen LogP contribution in [0.3, 0.4) is 0 Å². The van der Waals surface area contributed by atoms with Crippen LogP contribution >= 0.6 is 12.4 Å². The number of rotatable bonds is 3. The number of hydrogen-bond donors (Lipinski definition) is 1. The molecule has 0 aliphatic rings. The first kappa shape index (κ1) is 15.1. The van der Waals surface area contributed by atoms with E-state index in [-0.39, 0.29) is 24.8 Å². The molecule has 0 spiro atoms. The van der Waals surface area contributed by atoms with Gasteiger partial charge in [-0.05, 0) is 35.4 Å². The molecule has 0 aromatic heterocycles. The van der Waals surface area contributed by atoms with Crippen molar-refractivity contribution in [2.75, 3.05) is 6.54 Å². The third-order valence-electron chi connectivity index (χ3n) is 2.41. The van der Waals surface area contributed by atoms with Crippen LogP contribution in [0.25, 0.3) is 11.1 Å². The molecular weight excluding hydrogens is 269 g/mol. The second-order valence-electron chi connectivity index (χ2n) is 3.71. The zero-order valence-electron chi connectivity index (χ0n) is 10.0. The molecule has 0 aliphatic carbocycles. The smallest absolute Gasteiger partial charge is 0.325 e. The fourth-order valence-electron chi connectivity index (χ4n) is 1.56. The van der Waals surface area contributed by atoms with Crippen molar-refractivity contribution in [1.29, 1.82) is 0 Å². The minimum Gasteiger partial charge on any atom is -0.426 e. The van der Waals surface area contributed by atoms with Gasteiger partial charge in [0.15, 0.2) is 0 Å². The minimum absolute atomic E-state index is 0. The molecule has 0 saturated carbocycles. The summed E-state index contributed by atoms with van der Waals surface area (Å²) in [7, 11) is 0. The van der Waals surface area contributed by atoms with E-state index in [1.165, 1.54) is 12.1 Å². The number of halogens is 2. The van der Waals surface area contributed by atoms with E-state index in [4.69, 9.17) is 10.5 Å². The highest BCUT2D eigenvalue weighted by Gasteiger charge is 2.03. The Bertz CT molecular complexity index is 558. The first-order chi connectivity index (χ1) is 8.69. The second kappa shape index (κ2) is 6.87. The molecule has 2 rings (SSSR count). The second-order valence-corrected chi connectivity index (χ2v) is 3.71. The Morgan fingerprint density at radius 1 is 1.11 bits per heavy atom. The zero-order chi connectivity index (χ0) is 13.0. The summed E-state index contributed by atoms with van der Waals surface area (Å²) in [5, 5.41) is 0. The van der Waals surface area contributed by atoms with Gasteiger partial charge in [0.1, 0.15) is 11.6 Å². The van der Waals surface area contributed by atoms with Crippen LogP contribution in [0.4, 0.5) is 4.39 Å². The predicted molar refractivity (Wildman–Crippen MR) is 73.8 cm³/mol. The molecule has 5 heteroatoms. The van der Waals surface area contributed by atoms with Gasteiger partial charge in [0.25, 0.3) is 0 Å². The molecule has 100 valence electrons. The highest BCUT2D eigenvalue weighted by molar-refractivity contribution is 5.85. The molecule has 19 heavy (non-hydrogen) atoms. The number of esters is 1. The molecular formula is C14H13ClFNO2. The van der Waals surface area contributed by atoms with Gasteiger partial charge in [-0.1, -0.05) is 24.3 Å². The van der Waals surface area contributed by atoms with E-state index in [2.05, 4.69) is 0 Å². The lowest BCUT2D eigenvalue weighted by Crippen LogP contribution is -2.19. The summed E-state index contributed by atoms with van der Waals surface area (Å²) in [5.74, 6) is -0.356. The van der Waals surface area contributed by atoms with Gasteiger partial charge in [0, 0.05) is 0 Å². The standard InChI is InChI=1S/C14H12FNO2.ClH/c15-12-3-1-2-11(8-12)10-4-6-13(7-5-10)18-14(17)9-16;/h1-8H,9,16H2;1H. The summed E-state index contributed by atoms with van der Waals surface area (Å²) in [4.78, 5) is 11.0. The summed E-state index contributed by atoms with van der Waals surface area (Å²) >= 11 is 0. The van der Waals surface area contributed by atoms with Crippen LogP contribution in [0.2, 0.25) is 0 Å². The van der Waals surface area contributed by atoms with Crippen LogP contribution in [0.1, 0.15) is 0 Å². The van der Waals surface area contributed by atoms with Crippen LogP contribution in [0.5, 0.6) is 5.75 Å². The quantitative estimate of drug-likeness (QED) is 0.695. The molecule has 2 aromatic carbocycles. The third kappa shape index (κ3) is 4.05. The van der Waals surface area contributed by atoms with E-state index in [1.807, 2.05) is 6.07 Å². The fourth-order valence-corrected chi connectivity index (χ4v) is 1.56. The van der Waals surface area contributed by atoms with Gasteiger partial charge < -0.3 is 10.5 Å². The zero-order valence-corrected chi connectivity index (χ0v) is 10.8. The lowest BCUT2D eigenvalue weighted by Gasteiger charge is -2.05. The van der Waals surface area contributed by atoms with E-state index in [0.717, 1.165) is 11.1 Å². The van der Waals surface area contributed by atoms with Crippen molar-refractivity contribution < 1.29 is 13.9 Å². The van der Waals surface area contributed by atoms with Crippen LogP contribution < -0.4 is 10.5 Å². The lowest BCUT2D eigenvalue weighted by molar-refractivity contribution is -0.132. The summed E-state index contributed by atoms with van der Waals surface area (Å²) < 4.78 is 18.0. The monoisotopic (exact) mass is 281 g/mol. The molecule has 0 heterocycles. The van der Waals surface area contributed by atoms with E-state index < -0.39 is 5.97 Å². The Hall–Kier alpha value is -1.91. The molecule has 0 radical (unpaired) electrons. The molecule has 0 unspecified atom stereocenters. The Morgan fingerprint density at radius 2 is 1.79 bits per heavy atom. The van der Waals surface area contributed by atoms with E-state index in [1.54, 1.807) is 30.3 Å². The van der Waals surface area contributed by atoms with Crippen LogP contribution in [0.15, 0.2) is 48.5 Å². The van der Waals surface area contributed by atoms with Gasteiger partial charge >= 0.3 is 5.97 Å². The van der Waals surface area contributed by atoms with Gasteiger partial charge in [0.05, 0.1) is 6.54 Å². The maximum atomic E-state index is 13.1. The van der Waals surface area contributed by atoms with Crippen molar-refractivity contribution in [3.63, 3.8) is 0 Å². The molecule has 0 aliphatic heterocycles. The average Bonchev–Trinajstić information content (AvgIpc) is 2.39. The summed E-state index contributed by atoms with van der Waals surface area (Å²) in [5.41, 5.74) is 6.76. The fraction of sp³-hybridized carbons (Fsp3) is 0.0714. The number of carbonyl (C=O) groups is 1. The first-order valence-electron chi connectivity index (χ1n) is 5.46. The molecule has 2 aromatic rings. The van der Waals surface area contributed by atoms with E-state index in [9.17, 15) is 9.18 Å². The topological polar surface area (TPSA) is 52.3 Å². The van der Waals surface area contributed by atoms with Gasteiger partial charge in [-0.15, -0.1) is 12.4 Å². The Labute approximate surface area is 116 Å². The highest BCUT2D eigenvalue weighted by Crippen LogP contribution is 2.22. The van der Waals surface area contributed by atoms with Crippen molar-refractivity contribution in [3.05, 3.63) is 54.3 Å². The SMILES string of the molecule is Cl.NCC(=O)Oc1ccc(-c2cccc(F)c2)cc1. The van der Waals surface area contributed by atoms with Crippen molar-refractivity contribution >= 4 is 18.4 Å². The van der Waals surface area contributed by atoms with Gasteiger partial charge in [-0.2, -0.15) is 0 Å². The van der Waals surface area contributed by atoms with E-state index >= 15 is 0 Å². The molecule has 2 N–H and O–H groups in total. The highest BCUT2D eigenvalue weighted by atomic mass is 35.5. The maximum Gasteiger partial charge on any atom is 0.325 e. The first-order valence-corrected chi connectivity index (χ1v) is 5.46. The summed E-state index contributed by atoms with van der Waals surface area (Å²) in [6.07, 6.45) is 0. The summed E-state index contributed by atoms with van der Waals surface area (Å²) in [6.45, 7) is -0.161. The number of carbonyl (C=O) groups excluding carboxylic acids is 1. The number of hydrogen-bond acceptors (Lipinski definition) is 3. The molecule has 0 amide bonds. The van der Waals surface area contributed by atoms with Crippen LogP contribution in [-0.2, 0) is 4.79 Å². The molecule has 0 saturated heterocycles. The van der Waals surface area contributed by atoms with Crippen molar-refractivity contribution in [2.45, 2.75) is 0 Å². The molecule has 3 nitrogen and oxygen atoms in total. The van der Waals surface area contributed by atoms with Crippen molar-refractivity contribution in [2.24, 2.45) is 5.73 Å². The van der Waals surface area contributed by atoms with Crippen molar-refractivity contribution in [1.82, 2.24) is 0 Å². The van der Waals surface area contributed by atoms with Crippen molar-refractivity contribution in [3.8, 4) is 16.9 Å². The Balaban J connectivity index is 0.00000180. The minimum atomic E-state index is -0.492. The third-order valence-corrected chi connectivity index (χ3v) is 2.41. The maximum absolute atomic E-state index is 13.1. The van der Waals surface area contributed by atoms with E-state index in [0.29, 0.717) is 5.75 Å². The Kier molecular flexibility index (Phi) is 5.48. The Morgan fingerprint density at radius 3 is 2.37 bits per heavy atom. The number of benzene rings is 2. The normalized spacial score (nSPS) is 9.58. The molecule has 0 fully saturated rings. The molecule has 0 bridgehead atoms. The number of nitrogens with two attached hydrogens (primary N) is 1. The number of ether oxygens (including phenoxy) is 1. The average molecular weight is 282 g/mol. The van der Waals surface area contributed by atoms with Gasteiger partial charge in [-0.25, -0.2) is 4.39 Å². The lowest BCUT2D eigenvalue weighted by atomic mass is 10.1. The van der Waals surface area contributed by atoms with Crippen LogP contribution in [-0.4, -0.2) is 12.5 Å².